The minimum atomic E-state index is -0.493. The smallest absolute Gasteiger partial charge is 0.224 e. The molecule has 0 aromatic carbocycles. The SMILES string of the molecule is CCNc1ncc(F)c(NCc2ccnc(OC)c2)n1. The molecular formula is C13H16FN5O. The van der Waals surface area contributed by atoms with E-state index in [9.17, 15) is 4.39 Å². The molecule has 0 amide bonds. The van der Waals surface area contributed by atoms with Gasteiger partial charge in [0, 0.05) is 25.4 Å². The van der Waals surface area contributed by atoms with Crippen LogP contribution < -0.4 is 15.4 Å². The van der Waals surface area contributed by atoms with E-state index in [0.717, 1.165) is 11.8 Å². The van der Waals surface area contributed by atoms with Gasteiger partial charge in [-0.15, -0.1) is 0 Å². The first kappa shape index (κ1) is 14.0. The second-order valence-electron chi connectivity index (χ2n) is 3.98. The van der Waals surface area contributed by atoms with Gasteiger partial charge in [0.05, 0.1) is 13.3 Å². The average molecular weight is 277 g/mol. The highest BCUT2D eigenvalue weighted by atomic mass is 19.1. The van der Waals surface area contributed by atoms with Crippen LogP contribution in [0.2, 0.25) is 0 Å². The Hall–Kier alpha value is -2.44. The maximum atomic E-state index is 13.6. The van der Waals surface area contributed by atoms with Crippen LogP contribution in [-0.4, -0.2) is 28.6 Å². The molecule has 7 heteroatoms. The predicted octanol–water partition coefficient (Wildman–Crippen LogP) is 2.06. The molecule has 0 saturated carbocycles. The van der Waals surface area contributed by atoms with Crippen molar-refractivity contribution in [1.29, 1.82) is 0 Å². The average Bonchev–Trinajstić information content (AvgIpc) is 2.48. The van der Waals surface area contributed by atoms with Crippen molar-refractivity contribution in [1.82, 2.24) is 15.0 Å². The highest BCUT2D eigenvalue weighted by Crippen LogP contribution is 2.14. The summed E-state index contributed by atoms with van der Waals surface area (Å²) in [6.07, 6.45) is 2.77. The summed E-state index contributed by atoms with van der Waals surface area (Å²) in [6, 6.07) is 3.59. The molecule has 0 atom stereocenters. The Kier molecular flexibility index (Phi) is 4.65. The zero-order chi connectivity index (χ0) is 14.4. The number of methoxy groups -OCH3 is 1. The number of nitrogens with zero attached hydrogens (tertiary/aromatic N) is 3. The number of rotatable bonds is 6. The van der Waals surface area contributed by atoms with Crippen LogP contribution in [0.15, 0.2) is 24.5 Å². The molecule has 0 unspecified atom stereocenters. The van der Waals surface area contributed by atoms with E-state index in [1.807, 2.05) is 13.0 Å². The Bertz CT molecular complexity index is 578. The van der Waals surface area contributed by atoms with Gasteiger partial charge < -0.3 is 15.4 Å². The van der Waals surface area contributed by atoms with Crippen LogP contribution in [0.25, 0.3) is 0 Å². The molecule has 20 heavy (non-hydrogen) atoms. The quantitative estimate of drug-likeness (QED) is 0.842. The van der Waals surface area contributed by atoms with Gasteiger partial charge in [-0.2, -0.15) is 4.98 Å². The largest absolute Gasteiger partial charge is 0.481 e. The van der Waals surface area contributed by atoms with Crippen LogP contribution in [0.4, 0.5) is 16.2 Å². The van der Waals surface area contributed by atoms with Gasteiger partial charge in [0.1, 0.15) is 0 Å². The summed E-state index contributed by atoms with van der Waals surface area (Å²) in [6.45, 7) is 3.01. The molecular weight excluding hydrogens is 261 g/mol. The van der Waals surface area contributed by atoms with Crippen molar-refractivity contribution in [3.63, 3.8) is 0 Å². The molecule has 0 bridgehead atoms. The van der Waals surface area contributed by atoms with E-state index in [1.54, 1.807) is 19.4 Å². The molecule has 2 aromatic heterocycles. The fourth-order valence-electron chi connectivity index (χ4n) is 1.59. The second kappa shape index (κ2) is 6.65. The molecule has 0 fully saturated rings. The maximum Gasteiger partial charge on any atom is 0.224 e. The lowest BCUT2D eigenvalue weighted by molar-refractivity contribution is 0.397. The van der Waals surface area contributed by atoms with Crippen molar-refractivity contribution in [2.75, 3.05) is 24.3 Å². The molecule has 0 aliphatic heterocycles. The summed E-state index contributed by atoms with van der Waals surface area (Å²) in [7, 11) is 1.55. The van der Waals surface area contributed by atoms with Gasteiger partial charge in [-0.3, -0.25) is 0 Å². The molecule has 2 aromatic rings. The minimum absolute atomic E-state index is 0.159. The Labute approximate surface area is 116 Å². The predicted molar refractivity (Wildman–Crippen MR) is 74.3 cm³/mol. The normalized spacial score (nSPS) is 10.2. The van der Waals surface area contributed by atoms with Gasteiger partial charge in [-0.05, 0) is 18.6 Å². The first-order valence-corrected chi connectivity index (χ1v) is 6.22. The van der Waals surface area contributed by atoms with Crippen LogP contribution in [0.5, 0.6) is 5.88 Å². The molecule has 2 heterocycles. The third-order valence-corrected chi connectivity index (χ3v) is 2.55. The lowest BCUT2D eigenvalue weighted by Crippen LogP contribution is -2.08. The van der Waals surface area contributed by atoms with E-state index in [-0.39, 0.29) is 5.82 Å². The molecule has 6 nitrogen and oxygen atoms in total. The van der Waals surface area contributed by atoms with Gasteiger partial charge >= 0.3 is 0 Å². The van der Waals surface area contributed by atoms with Crippen molar-refractivity contribution in [2.24, 2.45) is 0 Å². The fourth-order valence-corrected chi connectivity index (χ4v) is 1.59. The number of anilines is 2. The van der Waals surface area contributed by atoms with Crippen LogP contribution in [-0.2, 0) is 6.54 Å². The Balaban J connectivity index is 2.07. The van der Waals surface area contributed by atoms with Crippen molar-refractivity contribution < 1.29 is 9.13 Å². The molecule has 0 aliphatic rings. The molecule has 0 saturated heterocycles. The summed E-state index contributed by atoms with van der Waals surface area (Å²) in [5.74, 6) is 0.573. The van der Waals surface area contributed by atoms with Gasteiger partial charge in [0.25, 0.3) is 0 Å². The summed E-state index contributed by atoms with van der Waals surface area (Å²) < 4.78 is 18.6. The topological polar surface area (TPSA) is 72.0 Å². The number of ether oxygens (including phenoxy) is 1. The highest BCUT2D eigenvalue weighted by Gasteiger charge is 2.06. The first-order chi connectivity index (χ1) is 9.72. The number of hydrogen-bond donors (Lipinski definition) is 2. The van der Waals surface area contributed by atoms with E-state index >= 15 is 0 Å². The van der Waals surface area contributed by atoms with Gasteiger partial charge in [-0.1, -0.05) is 0 Å². The summed E-state index contributed by atoms with van der Waals surface area (Å²) in [5.41, 5.74) is 0.917. The van der Waals surface area contributed by atoms with Gasteiger partial charge in [0.2, 0.25) is 11.8 Å². The Morgan fingerprint density at radius 3 is 2.90 bits per heavy atom. The zero-order valence-electron chi connectivity index (χ0n) is 11.4. The highest BCUT2D eigenvalue weighted by molar-refractivity contribution is 5.41. The number of nitrogens with one attached hydrogen (secondary N) is 2. The van der Waals surface area contributed by atoms with Crippen molar-refractivity contribution >= 4 is 11.8 Å². The van der Waals surface area contributed by atoms with Crippen molar-refractivity contribution in [2.45, 2.75) is 13.5 Å². The number of hydrogen-bond acceptors (Lipinski definition) is 6. The molecule has 0 aliphatic carbocycles. The lowest BCUT2D eigenvalue weighted by atomic mass is 10.2. The number of pyridine rings is 1. The van der Waals surface area contributed by atoms with Crippen LogP contribution in [0.1, 0.15) is 12.5 Å². The van der Waals surface area contributed by atoms with Crippen molar-refractivity contribution in [3.05, 3.63) is 35.9 Å². The maximum absolute atomic E-state index is 13.6. The van der Waals surface area contributed by atoms with Crippen molar-refractivity contribution in [3.8, 4) is 5.88 Å². The van der Waals surface area contributed by atoms with E-state index in [1.165, 1.54) is 0 Å². The second-order valence-corrected chi connectivity index (χ2v) is 3.98. The molecule has 0 radical (unpaired) electrons. The van der Waals surface area contributed by atoms with Crippen LogP contribution in [0.3, 0.4) is 0 Å². The minimum Gasteiger partial charge on any atom is -0.481 e. The molecule has 106 valence electrons. The molecule has 2 rings (SSSR count). The van der Waals surface area contributed by atoms with E-state index in [2.05, 4.69) is 25.6 Å². The lowest BCUT2D eigenvalue weighted by Gasteiger charge is -2.09. The fraction of sp³-hybridized carbons (Fsp3) is 0.308. The molecule has 2 N–H and O–H groups in total. The van der Waals surface area contributed by atoms with Crippen LogP contribution >= 0.6 is 0 Å². The first-order valence-electron chi connectivity index (χ1n) is 6.22. The summed E-state index contributed by atoms with van der Waals surface area (Å²) >= 11 is 0. The summed E-state index contributed by atoms with van der Waals surface area (Å²) in [4.78, 5) is 11.9. The number of aromatic nitrogens is 3. The van der Waals surface area contributed by atoms with Crippen LogP contribution in [0, 0.1) is 5.82 Å². The van der Waals surface area contributed by atoms with Gasteiger partial charge in [0.15, 0.2) is 11.6 Å². The zero-order valence-corrected chi connectivity index (χ0v) is 11.4. The third-order valence-electron chi connectivity index (χ3n) is 2.55. The summed E-state index contributed by atoms with van der Waals surface area (Å²) in [5, 5.41) is 5.86. The van der Waals surface area contributed by atoms with E-state index in [4.69, 9.17) is 4.74 Å². The van der Waals surface area contributed by atoms with Gasteiger partial charge in [-0.25, -0.2) is 14.4 Å². The number of halogens is 1. The third kappa shape index (κ3) is 3.53. The Morgan fingerprint density at radius 2 is 2.15 bits per heavy atom. The standard InChI is InChI=1S/C13H16FN5O/c1-3-15-13-18-8-10(14)12(19-13)17-7-9-4-5-16-11(6-9)20-2/h4-6,8H,3,7H2,1-2H3,(H2,15,17,18,19). The van der Waals surface area contributed by atoms with E-state index < -0.39 is 5.82 Å². The monoisotopic (exact) mass is 277 g/mol. The molecule has 0 spiro atoms. The Morgan fingerprint density at radius 1 is 1.30 bits per heavy atom. The van der Waals surface area contributed by atoms with E-state index in [0.29, 0.717) is 24.9 Å².